The lowest BCUT2D eigenvalue weighted by Gasteiger charge is -2.09. The molecule has 0 bridgehead atoms. The number of nitrogens with zero attached hydrogens (tertiary/aromatic N) is 2. The fraction of sp³-hybridized carbons (Fsp3) is 0.429. The molecule has 1 rings (SSSR count). The first-order chi connectivity index (χ1) is 5.92. The highest BCUT2D eigenvalue weighted by atomic mass is 19.3. The molecule has 1 heterocycles. The summed E-state index contributed by atoms with van der Waals surface area (Å²) in [6, 6.07) is 1.10. The van der Waals surface area contributed by atoms with Gasteiger partial charge in [0.25, 0.3) is 0 Å². The summed E-state index contributed by atoms with van der Waals surface area (Å²) in [4.78, 5) is 10.1. The van der Waals surface area contributed by atoms with Gasteiger partial charge in [0, 0.05) is 13.2 Å². The number of aliphatic carboxylic acids is 1. The van der Waals surface area contributed by atoms with Gasteiger partial charge in [0.05, 0.1) is 0 Å². The Morgan fingerprint density at radius 3 is 2.77 bits per heavy atom. The molecule has 1 aromatic rings. The van der Waals surface area contributed by atoms with Crippen LogP contribution in [0.15, 0.2) is 12.3 Å². The van der Waals surface area contributed by atoms with Crippen LogP contribution in [0.4, 0.5) is 8.78 Å². The summed E-state index contributed by atoms with van der Waals surface area (Å²) in [5, 5.41) is 11.6. The van der Waals surface area contributed by atoms with Crippen molar-refractivity contribution in [3.63, 3.8) is 0 Å². The van der Waals surface area contributed by atoms with Gasteiger partial charge in [-0.3, -0.25) is 9.48 Å². The Morgan fingerprint density at radius 1 is 1.77 bits per heavy atom. The molecule has 6 heteroatoms. The zero-order chi connectivity index (χ0) is 10.1. The highest BCUT2D eigenvalue weighted by molar-refractivity contribution is 5.68. The lowest BCUT2D eigenvalue weighted by Crippen LogP contribution is -2.19. The number of aromatic nitrogens is 2. The molecule has 1 aromatic heterocycles. The molecule has 4 nitrogen and oxygen atoms in total. The Bertz CT molecular complexity index is 322. The highest BCUT2D eigenvalue weighted by Crippen LogP contribution is 2.29. The Labute approximate surface area is 72.8 Å². The van der Waals surface area contributed by atoms with Crippen molar-refractivity contribution in [1.29, 1.82) is 0 Å². The van der Waals surface area contributed by atoms with E-state index in [0.717, 1.165) is 6.07 Å². The van der Waals surface area contributed by atoms with E-state index >= 15 is 0 Å². The third kappa shape index (κ3) is 2.24. The molecule has 0 fully saturated rings. The van der Waals surface area contributed by atoms with E-state index in [2.05, 4.69) is 5.10 Å². The summed E-state index contributed by atoms with van der Waals surface area (Å²) in [6.07, 6.45) is 0.106. The molecule has 0 saturated carbocycles. The van der Waals surface area contributed by atoms with Crippen LogP contribution in [0, 0.1) is 0 Å². The maximum absolute atomic E-state index is 13.0. The summed E-state index contributed by atoms with van der Waals surface area (Å²) in [5.74, 6) is -4.94. The van der Waals surface area contributed by atoms with Gasteiger partial charge in [-0.2, -0.15) is 13.9 Å². The zero-order valence-electron chi connectivity index (χ0n) is 6.87. The number of carboxylic acid groups (broad SMARTS) is 1. The molecule has 0 aliphatic heterocycles. The SMILES string of the molecule is Cn1ccc(C(F)(F)CC(=O)O)n1. The topological polar surface area (TPSA) is 55.1 Å². The van der Waals surface area contributed by atoms with Crippen molar-refractivity contribution >= 4 is 5.97 Å². The second-order valence-electron chi connectivity index (χ2n) is 2.65. The van der Waals surface area contributed by atoms with E-state index in [4.69, 9.17) is 5.11 Å². The van der Waals surface area contributed by atoms with E-state index in [1.807, 2.05) is 0 Å². The predicted molar refractivity (Wildman–Crippen MR) is 39.4 cm³/mol. The lowest BCUT2D eigenvalue weighted by atomic mass is 10.2. The molecule has 1 N–H and O–H groups in total. The predicted octanol–water partition coefficient (Wildman–Crippen LogP) is 0.987. The monoisotopic (exact) mass is 190 g/mol. The first kappa shape index (κ1) is 9.63. The van der Waals surface area contributed by atoms with Gasteiger partial charge in [0.1, 0.15) is 12.1 Å². The van der Waals surface area contributed by atoms with E-state index in [0.29, 0.717) is 0 Å². The first-order valence-corrected chi connectivity index (χ1v) is 3.51. The number of carbonyl (C=O) groups is 1. The number of aryl methyl sites for hydroxylation is 1. The number of carboxylic acids is 1. The minimum Gasteiger partial charge on any atom is -0.481 e. The van der Waals surface area contributed by atoms with Gasteiger partial charge in [-0.05, 0) is 6.07 Å². The van der Waals surface area contributed by atoms with Crippen molar-refractivity contribution in [2.75, 3.05) is 0 Å². The Kier molecular flexibility index (Phi) is 2.31. The summed E-state index contributed by atoms with van der Waals surface area (Å²) in [7, 11) is 1.49. The van der Waals surface area contributed by atoms with Crippen molar-refractivity contribution in [3.8, 4) is 0 Å². The van der Waals surface area contributed by atoms with Crippen LogP contribution < -0.4 is 0 Å². The lowest BCUT2D eigenvalue weighted by molar-refractivity contribution is -0.145. The molecular weight excluding hydrogens is 182 g/mol. The van der Waals surface area contributed by atoms with E-state index < -0.39 is 24.0 Å². The van der Waals surface area contributed by atoms with Gasteiger partial charge in [0.15, 0.2) is 0 Å². The summed E-state index contributed by atoms with van der Waals surface area (Å²) < 4.78 is 27.1. The molecule has 0 aromatic carbocycles. The number of hydrogen-bond acceptors (Lipinski definition) is 2. The van der Waals surface area contributed by atoms with Gasteiger partial charge in [-0.1, -0.05) is 0 Å². The fourth-order valence-electron chi connectivity index (χ4n) is 0.891. The Balaban J connectivity index is 2.86. The van der Waals surface area contributed by atoms with Gasteiger partial charge in [0.2, 0.25) is 0 Å². The number of rotatable bonds is 3. The van der Waals surface area contributed by atoms with Crippen LogP contribution in [0.5, 0.6) is 0 Å². The summed E-state index contributed by atoms with van der Waals surface area (Å²) in [5.41, 5.74) is -0.516. The molecule has 72 valence electrons. The van der Waals surface area contributed by atoms with Crippen LogP contribution in [0.2, 0.25) is 0 Å². The van der Waals surface area contributed by atoms with Crippen LogP contribution in [-0.4, -0.2) is 20.9 Å². The van der Waals surface area contributed by atoms with Crippen molar-refractivity contribution in [3.05, 3.63) is 18.0 Å². The first-order valence-electron chi connectivity index (χ1n) is 3.51. The molecule has 0 unspecified atom stereocenters. The second kappa shape index (κ2) is 3.12. The van der Waals surface area contributed by atoms with Gasteiger partial charge < -0.3 is 5.11 Å². The third-order valence-electron chi connectivity index (χ3n) is 1.46. The van der Waals surface area contributed by atoms with Crippen molar-refractivity contribution in [1.82, 2.24) is 9.78 Å². The van der Waals surface area contributed by atoms with Crippen molar-refractivity contribution < 1.29 is 18.7 Å². The maximum atomic E-state index is 13.0. The average molecular weight is 190 g/mol. The molecular formula is C7H8F2N2O2. The van der Waals surface area contributed by atoms with E-state index in [-0.39, 0.29) is 0 Å². The standard InChI is InChI=1S/C7H8F2N2O2/c1-11-3-2-5(10-11)7(8,9)4-6(12)13/h2-3H,4H2,1H3,(H,12,13). The minimum atomic E-state index is -3.40. The van der Waals surface area contributed by atoms with E-state index in [9.17, 15) is 13.6 Å². The number of hydrogen-bond donors (Lipinski definition) is 1. The molecule has 0 radical (unpaired) electrons. The second-order valence-corrected chi connectivity index (χ2v) is 2.65. The van der Waals surface area contributed by atoms with Crippen LogP contribution in [0.1, 0.15) is 12.1 Å². The van der Waals surface area contributed by atoms with E-state index in [1.54, 1.807) is 0 Å². The molecule has 0 aliphatic carbocycles. The van der Waals surface area contributed by atoms with Crippen LogP contribution in [0.25, 0.3) is 0 Å². The van der Waals surface area contributed by atoms with Gasteiger partial charge >= 0.3 is 11.9 Å². The van der Waals surface area contributed by atoms with Gasteiger partial charge in [-0.25, -0.2) is 0 Å². The van der Waals surface area contributed by atoms with E-state index in [1.165, 1.54) is 17.9 Å². The summed E-state index contributed by atoms with van der Waals surface area (Å²) >= 11 is 0. The highest BCUT2D eigenvalue weighted by Gasteiger charge is 2.36. The largest absolute Gasteiger partial charge is 0.481 e. The van der Waals surface area contributed by atoms with Crippen LogP contribution >= 0.6 is 0 Å². The van der Waals surface area contributed by atoms with Gasteiger partial charge in [-0.15, -0.1) is 0 Å². The Morgan fingerprint density at radius 2 is 2.38 bits per heavy atom. The van der Waals surface area contributed by atoms with Crippen molar-refractivity contribution in [2.45, 2.75) is 12.3 Å². The molecule has 0 spiro atoms. The number of halogens is 2. The molecule has 0 atom stereocenters. The normalized spacial score (nSPS) is 11.6. The smallest absolute Gasteiger partial charge is 0.309 e. The van der Waals surface area contributed by atoms with Crippen molar-refractivity contribution in [2.24, 2.45) is 7.05 Å². The Hall–Kier alpha value is -1.46. The quantitative estimate of drug-likeness (QED) is 0.773. The number of alkyl halides is 2. The maximum Gasteiger partial charge on any atom is 0.309 e. The molecule has 0 saturated heterocycles. The zero-order valence-corrected chi connectivity index (χ0v) is 6.87. The van der Waals surface area contributed by atoms with Crippen LogP contribution in [-0.2, 0) is 17.8 Å². The minimum absolute atomic E-state index is 0.516. The van der Waals surface area contributed by atoms with Crippen LogP contribution in [0.3, 0.4) is 0 Å². The fourth-order valence-corrected chi connectivity index (χ4v) is 0.891. The molecule has 0 amide bonds. The third-order valence-corrected chi connectivity index (χ3v) is 1.46. The average Bonchev–Trinajstić information content (AvgIpc) is 2.32. The summed E-state index contributed by atoms with van der Waals surface area (Å²) in [6.45, 7) is 0. The molecule has 0 aliphatic rings. The molecule has 13 heavy (non-hydrogen) atoms.